The molecule has 0 aromatic carbocycles. The number of rotatable bonds is 2. The number of carbonyl (C=O) groups excluding carboxylic acids is 1. The zero-order valence-corrected chi connectivity index (χ0v) is 7.76. The van der Waals surface area contributed by atoms with Crippen molar-refractivity contribution in [3.05, 3.63) is 6.92 Å². The van der Waals surface area contributed by atoms with Crippen LogP contribution in [0.3, 0.4) is 0 Å². The smallest absolute Gasteiger partial charge is 0.0978 e. The first kappa shape index (κ1) is 11.8. The van der Waals surface area contributed by atoms with E-state index in [4.69, 9.17) is 5.73 Å². The summed E-state index contributed by atoms with van der Waals surface area (Å²) in [6, 6.07) is 0. The van der Waals surface area contributed by atoms with E-state index in [0.29, 0.717) is 0 Å². The Morgan fingerprint density at radius 3 is 2.78 bits per heavy atom. The van der Waals surface area contributed by atoms with Gasteiger partial charge in [0.25, 0.3) is 0 Å². The second-order valence-corrected chi connectivity index (χ2v) is 1.01. The average Bonchev–Trinajstić information content (AvgIpc) is 1.66. The monoisotopic (exact) mass is 202 g/mol. The first-order chi connectivity index (χ1) is 3.77. The van der Waals surface area contributed by atoms with E-state index in [2.05, 4.69) is 18.2 Å². The van der Waals surface area contributed by atoms with E-state index in [0.717, 1.165) is 0 Å². The van der Waals surface area contributed by atoms with E-state index in [-0.39, 0.29) is 39.3 Å². The number of nitrogens with two attached hydrogens (primary N) is 1. The molecule has 5 heteroatoms. The molecule has 0 aliphatic heterocycles. The summed E-state index contributed by atoms with van der Waals surface area (Å²) >= 11 is 0. The van der Waals surface area contributed by atoms with Crippen molar-refractivity contribution < 1.29 is 37.5 Å². The Morgan fingerprint density at radius 1 is 1.89 bits per heavy atom. The first-order valence-corrected chi connectivity index (χ1v) is 2.02. The second kappa shape index (κ2) is 8.07. The molecule has 0 atom stereocenters. The molecule has 1 radical (unpaired) electrons. The molecule has 0 bridgehead atoms. The van der Waals surface area contributed by atoms with Crippen LogP contribution in [0.2, 0.25) is 0 Å². The summed E-state index contributed by atoms with van der Waals surface area (Å²) in [6.07, 6.45) is 2.31. The van der Waals surface area contributed by atoms with Crippen LogP contribution in [0.5, 0.6) is 0 Å². The Balaban J connectivity index is 0. The van der Waals surface area contributed by atoms with E-state index in [9.17, 15) is 4.79 Å². The molecule has 0 aliphatic rings. The number of hydrazone groups is 1. The fourth-order valence-electron chi connectivity index (χ4n) is 0.148. The Bertz CT molecular complexity index is 104. The van der Waals surface area contributed by atoms with Crippen molar-refractivity contribution in [2.24, 2.45) is 10.8 Å². The summed E-state index contributed by atoms with van der Waals surface area (Å²) < 4.78 is 0. The summed E-state index contributed by atoms with van der Waals surface area (Å²) in [5.41, 5.74) is 6.97. The molecular formula is C4H7N3OY-2. The normalized spacial score (nSPS) is 8.56. The third kappa shape index (κ3) is 11.6. The molecule has 0 saturated carbocycles. The topological polar surface area (TPSA) is 67.5 Å². The molecule has 0 aromatic rings. The van der Waals surface area contributed by atoms with E-state index in [1.807, 2.05) is 5.43 Å². The summed E-state index contributed by atoms with van der Waals surface area (Å²) in [7, 11) is 0. The Kier molecular flexibility index (Phi) is 10.6. The number of hydrogen-bond acceptors (Lipinski definition) is 3. The van der Waals surface area contributed by atoms with E-state index in [1.165, 1.54) is 0 Å². The van der Waals surface area contributed by atoms with Crippen LogP contribution in [0.4, 0.5) is 0 Å². The van der Waals surface area contributed by atoms with Gasteiger partial charge in [-0.1, -0.05) is 0 Å². The maximum atomic E-state index is 9.92. The van der Waals surface area contributed by atoms with Gasteiger partial charge >= 0.3 is 0 Å². The third-order valence-corrected chi connectivity index (χ3v) is 0.351. The molecule has 1 amide bonds. The summed E-state index contributed by atoms with van der Waals surface area (Å²) in [6.45, 7) is 3.18. The fourth-order valence-corrected chi connectivity index (χ4v) is 0.148. The molecule has 0 unspecified atom stereocenters. The van der Waals surface area contributed by atoms with Crippen LogP contribution >= 0.6 is 0 Å². The minimum absolute atomic E-state index is 0. The van der Waals surface area contributed by atoms with Crippen molar-refractivity contribution in [3.8, 4) is 0 Å². The Labute approximate surface area is 79.1 Å². The van der Waals surface area contributed by atoms with Gasteiger partial charge in [-0.15, -0.1) is 6.54 Å². The summed E-state index contributed by atoms with van der Waals surface area (Å²) in [5, 5.41) is 3.25. The maximum absolute atomic E-state index is 9.92. The van der Waals surface area contributed by atoms with Gasteiger partial charge in [-0.2, -0.15) is 0 Å². The molecular weight excluding hydrogens is 195 g/mol. The summed E-state index contributed by atoms with van der Waals surface area (Å²) in [5.74, 6) is -0.467. The standard InChI is InChI=1S/C4H7N3O.Y/c1-4(8)7-6-3-2-5;/h1-2,5H2,(H,7,8);/q-2;. The van der Waals surface area contributed by atoms with Gasteiger partial charge in [0.05, 0.1) is 5.91 Å². The first-order valence-electron chi connectivity index (χ1n) is 2.02. The molecule has 0 saturated heterocycles. The van der Waals surface area contributed by atoms with Crippen molar-refractivity contribution in [2.75, 3.05) is 6.54 Å². The predicted molar refractivity (Wildman–Crippen MR) is 30.0 cm³/mol. The molecule has 4 nitrogen and oxygen atoms in total. The largest absolute Gasteiger partial charge is 0.399 e. The maximum Gasteiger partial charge on any atom is 0.0978 e. The van der Waals surface area contributed by atoms with Gasteiger partial charge in [0.15, 0.2) is 0 Å². The van der Waals surface area contributed by atoms with Crippen LogP contribution in [-0.2, 0) is 37.5 Å². The molecule has 0 rings (SSSR count). The average molecular weight is 202 g/mol. The van der Waals surface area contributed by atoms with E-state index >= 15 is 0 Å². The van der Waals surface area contributed by atoms with Gasteiger partial charge in [-0.25, -0.2) is 0 Å². The van der Waals surface area contributed by atoms with Crippen LogP contribution in [0, 0.1) is 6.92 Å². The minimum Gasteiger partial charge on any atom is -0.399 e. The Morgan fingerprint density at radius 2 is 2.44 bits per heavy atom. The molecule has 0 fully saturated rings. The van der Waals surface area contributed by atoms with Crippen LogP contribution in [-0.4, -0.2) is 18.7 Å². The van der Waals surface area contributed by atoms with Crippen molar-refractivity contribution in [1.29, 1.82) is 0 Å². The van der Waals surface area contributed by atoms with Gasteiger partial charge in [0.1, 0.15) is 0 Å². The second-order valence-electron chi connectivity index (χ2n) is 1.01. The zero-order valence-electron chi connectivity index (χ0n) is 4.92. The molecule has 49 valence electrons. The van der Waals surface area contributed by atoms with Gasteiger partial charge in [0, 0.05) is 32.7 Å². The number of hydrogen-bond donors (Lipinski definition) is 2. The molecule has 0 heterocycles. The number of nitrogens with one attached hydrogen (secondary N) is 1. The zero-order chi connectivity index (χ0) is 6.41. The van der Waals surface area contributed by atoms with Crippen LogP contribution in [0.1, 0.15) is 0 Å². The number of nitrogens with zero attached hydrogens (tertiary/aromatic N) is 1. The third-order valence-electron chi connectivity index (χ3n) is 0.351. The van der Waals surface area contributed by atoms with Gasteiger partial charge < -0.3 is 34.2 Å². The molecule has 0 spiro atoms. The van der Waals surface area contributed by atoms with Crippen LogP contribution in [0.15, 0.2) is 5.10 Å². The molecule has 9 heavy (non-hydrogen) atoms. The van der Waals surface area contributed by atoms with Crippen molar-refractivity contribution in [1.82, 2.24) is 5.43 Å². The fraction of sp³-hybridized carbons (Fsp3) is 0.250. The Hall–Kier alpha value is 0.0739. The molecule has 0 aliphatic carbocycles. The molecule has 3 N–H and O–H groups in total. The van der Waals surface area contributed by atoms with Crippen LogP contribution in [0.25, 0.3) is 0 Å². The van der Waals surface area contributed by atoms with E-state index < -0.39 is 5.91 Å². The van der Waals surface area contributed by atoms with Gasteiger partial charge in [-0.3, -0.25) is 0 Å². The predicted octanol–water partition coefficient (Wildman–Crippen LogP) is -1.24. The van der Waals surface area contributed by atoms with Gasteiger partial charge in [-0.05, 0) is 0 Å². The summed E-state index contributed by atoms with van der Waals surface area (Å²) in [4.78, 5) is 9.92. The van der Waals surface area contributed by atoms with Crippen molar-refractivity contribution in [2.45, 2.75) is 0 Å². The van der Waals surface area contributed by atoms with Crippen LogP contribution < -0.4 is 11.2 Å². The van der Waals surface area contributed by atoms with E-state index in [1.54, 1.807) is 0 Å². The van der Waals surface area contributed by atoms with Crippen molar-refractivity contribution >= 4 is 12.1 Å². The number of amides is 1. The minimum atomic E-state index is -0.467. The molecule has 0 aromatic heterocycles. The van der Waals surface area contributed by atoms with Gasteiger partial charge in [0.2, 0.25) is 0 Å². The quantitative estimate of drug-likeness (QED) is 0.334. The number of carbonyl (C=O) groups is 1. The van der Waals surface area contributed by atoms with Crippen molar-refractivity contribution in [3.63, 3.8) is 0 Å². The SMILES string of the molecule is [CH2-]C(=O)NN=[C-]CN.[Y].